The van der Waals surface area contributed by atoms with E-state index in [1.165, 1.54) is 0 Å². The summed E-state index contributed by atoms with van der Waals surface area (Å²) in [6.45, 7) is 23.0. The van der Waals surface area contributed by atoms with E-state index in [0.717, 1.165) is 12.8 Å². The van der Waals surface area contributed by atoms with E-state index < -0.39 is 57.3 Å². The SMILES string of the molecule is C=CCC1[C@@]2(S)CC[C@H](O)[C@](C)(COC(=O)/C(C)=C/C)C2CC[C@@]1(C)[C@@]1(C)CC2C[C@@H](C)[C@@H](OC(=O)/C(C)=C/C)[C@H](O)[C@]2(COC(=O)/C(C)=C/C)[C@H](O)C1. The van der Waals surface area contributed by atoms with Crippen LogP contribution in [-0.4, -0.2) is 75.6 Å². The van der Waals surface area contributed by atoms with Crippen molar-refractivity contribution in [2.75, 3.05) is 13.2 Å². The number of carbonyl (C=O) groups excluding carboxylic acids is 3. The fourth-order valence-electron chi connectivity index (χ4n) is 11.2. The first-order valence-corrected chi connectivity index (χ1v) is 20.4. The number of carbonyl (C=O) groups is 3. The summed E-state index contributed by atoms with van der Waals surface area (Å²) >= 11 is 5.62. The van der Waals surface area contributed by atoms with Gasteiger partial charge in [-0.1, -0.05) is 52.0 Å². The number of rotatable bonds is 11. The number of fused-ring (bicyclic) bond motifs is 2. The zero-order chi connectivity index (χ0) is 40.6. The zero-order valence-corrected chi connectivity index (χ0v) is 35.3. The van der Waals surface area contributed by atoms with Gasteiger partial charge in [0, 0.05) is 26.9 Å². The molecular weight excluding hydrogens is 705 g/mol. The molecular formula is C44H68O9S. The van der Waals surface area contributed by atoms with E-state index in [9.17, 15) is 29.7 Å². The van der Waals surface area contributed by atoms with E-state index in [1.54, 1.807) is 59.8 Å². The van der Waals surface area contributed by atoms with Crippen molar-refractivity contribution >= 4 is 30.5 Å². The van der Waals surface area contributed by atoms with E-state index in [4.69, 9.17) is 26.8 Å². The first-order valence-electron chi connectivity index (χ1n) is 20.0. The highest BCUT2D eigenvalue weighted by Crippen LogP contribution is 2.71. The molecule has 4 rings (SSSR count). The number of hydrogen-bond acceptors (Lipinski definition) is 10. The van der Waals surface area contributed by atoms with Crippen LogP contribution in [0.25, 0.3) is 0 Å². The monoisotopic (exact) mass is 772 g/mol. The van der Waals surface area contributed by atoms with Crippen molar-refractivity contribution < 1.29 is 43.9 Å². The molecule has 0 spiro atoms. The van der Waals surface area contributed by atoms with Gasteiger partial charge in [-0.25, -0.2) is 14.4 Å². The van der Waals surface area contributed by atoms with Crippen LogP contribution in [0, 0.1) is 45.3 Å². The molecule has 4 aliphatic carbocycles. The molecule has 0 aromatic carbocycles. The minimum Gasteiger partial charge on any atom is -0.462 e. The fourth-order valence-corrected chi connectivity index (χ4v) is 12.1. The molecule has 0 heterocycles. The number of allylic oxidation sites excluding steroid dienone is 4. The van der Waals surface area contributed by atoms with Crippen molar-refractivity contribution in [3.8, 4) is 0 Å². The maximum Gasteiger partial charge on any atom is 0.333 e. The van der Waals surface area contributed by atoms with Crippen LogP contribution in [0.2, 0.25) is 0 Å². The van der Waals surface area contributed by atoms with Crippen LogP contribution < -0.4 is 0 Å². The second-order valence-corrected chi connectivity index (χ2v) is 18.9. The van der Waals surface area contributed by atoms with Gasteiger partial charge in [0.05, 0.1) is 24.2 Å². The van der Waals surface area contributed by atoms with Gasteiger partial charge in [-0.2, -0.15) is 12.6 Å². The number of ether oxygens (including phenoxy) is 3. The largest absolute Gasteiger partial charge is 0.462 e. The molecule has 0 aromatic heterocycles. The molecule has 304 valence electrons. The van der Waals surface area contributed by atoms with E-state index in [2.05, 4.69) is 20.4 Å². The first-order chi connectivity index (χ1) is 25.2. The van der Waals surface area contributed by atoms with E-state index in [1.807, 2.05) is 19.9 Å². The third-order valence-electron chi connectivity index (χ3n) is 15.4. The normalized spacial score (nSPS) is 43.0. The van der Waals surface area contributed by atoms with Crippen molar-refractivity contribution in [2.45, 2.75) is 150 Å². The minimum atomic E-state index is -1.28. The van der Waals surface area contributed by atoms with Crippen LogP contribution in [0.1, 0.15) is 121 Å². The predicted octanol–water partition coefficient (Wildman–Crippen LogP) is 7.49. The van der Waals surface area contributed by atoms with Crippen LogP contribution in [0.3, 0.4) is 0 Å². The standard InChI is InChI=1S/C44H68O9S/c1-12-16-32-42(11,19-17-31-41(10,24-51-37(48)26(5)13-2)33(45)18-20-44(31,32)54)40(9)22-30-21-29(8)35(53-39(50)28(7)15-4)36(47)43(30,34(46)23-40)25-52-38(49)27(6)14-3/h12-15,29-36,45-47,54H,1,16-25H2,2-11H3/b26-13+,27-14+,28-15+/t29-,30?,31?,32?,33+,34-,35-,36+,40+,41-,42-,43+,44-/m1/s1. The molecule has 10 heteroatoms. The Balaban J connectivity index is 1.75. The van der Waals surface area contributed by atoms with E-state index in [0.29, 0.717) is 55.2 Å². The molecule has 0 saturated heterocycles. The number of esters is 3. The van der Waals surface area contributed by atoms with Crippen molar-refractivity contribution in [3.05, 3.63) is 47.6 Å². The number of aliphatic hydroxyl groups is 3. The topological polar surface area (TPSA) is 140 Å². The van der Waals surface area contributed by atoms with Crippen LogP contribution in [0.15, 0.2) is 47.6 Å². The summed E-state index contributed by atoms with van der Waals surface area (Å²) < 4.78 is 17.2. The smallest absolute Gasteiger partial charge is 0.333 e. The molecule has 3 unspecified atom stereocenters. The van der Waals surface area contributed by atoms with Crippen LogP contribution in [-0.2, 0) is 28.6 Å². The third kappa shape index (κ3) is 7.43. The zero-order valence-electron chi connectivity index (χ0n) is 34.4. The molecule has 4 aliphatic rings. The quantitative estimate of drug-likeness (QED) is 0.0553. The van der Waals surface area contributed by atoms with Crippen molar-refractivity contribution in [2.24, 2.45) is 45.3 Å². The highest BCUT2D eigenvalue weighted by molar-refractivity contribution is 7.81. The lowest BCUT2D eigenvalue weighted by molar-refractivity contribution is -0.260. The van der Waals surface area contributed by atoms with Gasteiger partial charge in [-0.3, -0.25) is 0 Å². The Labute approximate surface area is 329 Å². The van der Waals surface area contributed by atoms with Crippen LogP contribution >= 0.6 is 12.6 Å². The maximum absolute atomic E-state index is 13.1. The van der Waals surface area contributed by atoms with Crippen LogP contribution in [0.5, 0.6) is 0 Å². The summed E-state index contributed by atoms with van der Waals surface area (Å²) in [6, 6.07) is 0. The second kappa shape index (κ2) is 16.6. The Morgan fingerprint density at radius 1 is 0.815 bits per heavy atom. The molecule has 9 nitrogen and oxygen atoms in total. The predicted molar refractivity (Wildman–Crippen MR) is 213 cm³/mol. The average Bonchev–Trinajstić information content (AvgIpc) is 3.13. The second-order valence-electron chi connectivity index (χ2n) is 18.0. The number of thiol groups is 1. The third-order valence-corrected chi connectivity index (χ3v) is 16.2. The lowest BCUT2D eigenvalue weighted by Gasteiger charge is -2.69. The number of aliphatic hydroxyl groups excluding tert-OH is 3. The number of hydrogen-bond donors (Lipinski definition) is 4. The van der Waals surface area contributed by atoms with Crippen LogP contribution in [0.4, 0.5) is 0 Å². The molecule has 13 atom stereocenters. The molecule has 54 heavy (non-hydrogen) atoms. The highest BCUT2D eigenvalue weighted by Gasteiger charge is 2.70. The Bertz CT molecular complexity index is 1530. The maximum atomic E-state index is 13.1. The highest BCUT2D eigenvalue weighted by atomic mass is 32.1. The summed E-state index contributed by atoms with van der Waals surface area (Å²) in [5.74, 6) is -1.99. The molecule has 0 aromatic rings. The van der Waals surface area contributed by atoms with Gasteiger partial charge in [-0.05, 0) is 127 Å². The van der Waals surface area contributed by atoms with Crippen molar-refractivity contribution in [1.29, 1.82) is 0 Å². The Hall–Kier alpha value is -2.40. The van der Waals surface area contributed by atoms with Crippen molar-refractivity contribution in [3.63, 3.8) is 0 Å². The molecule has 4 fully saturated rings. The summed E-state index contributed by atoms with van der Waals surface area (Å²) in [5.41, 5.74) is -1.44. The molecule has 4 saturated carbocycles. The average molecular weight is 773 g/mol. The minimum absolute atomic E-state index is 0.00676. The summed E-state index contributed by atoms with van der Waals surface area (Å²) in [7, 11) is 0. The lowest BCUT2D eigenvalue weighted by Crippen LogP contribution is -2.70. The van der Waals surface area contributed by atoms with E-state index >= 15 is 0 Å². The van der Waals surface area contributed by atoms with Gasteiger partial charge in [0.1, 0.15) is 18.8 Å². The van der Waals surface area contributed by atoms with Gasteiger partial charge < -0.3 is 29.5 Å². The molecule has 0 bridgehead atoms. The van der Waals surface area contributed by atoms with Gasteiger partial charge in [0.15, 0.2) is 0 Å². The summed E-state index contributed by atoms with van der Waals surface area (Å²) in [5, 5.41) is 36.4. The lowest BCUT2D eigenvalue weighted by atomic mass is 9.38. The van der Waals surface area contributed by atoms with Crippen molar-refractivity contribution in [1.82, 2.24) is 0 Å². The molecule has 0 aliphatic heterocycles. The summed E-state index contributed by atoms with van der Waals surface area (Å²) in [6.07, 6.45) is 7.96. The Kier molecular flexibility index (Phi) is 13.6. The Morgan fingerprint density at radius 3 is 1.93 bits per heavy atom. The van der Waals surface area contributed by atoms with Gasteiger partial charge in [0.25, 0.3) is 0 Å². The van der Waals surface area contributed by atoms with Gasteiger partial charge >= 0.3 is 17.9 Å². The van der Waals surface area contributed by atoms with E-state index in [-0.39, 0.29) is 48.3 Å². The molecule has 3 N–H and O–H groups in total. The fraction of sp³-hybridized carbons (Fsp3) is 0.750. The van der Waals surface area contributed by atoms with Gasteiger partial charge in [0.2, 0.25) is 0 Å². The molecule has 0 amide bonds. The summed E-state index contributed by atoms with van der Waals surface area (Å²) in [4.78, 5) is 38.9. The Morgan fingerprint density at radius 2 is 1.37 bits per heavy atom. The van der Waals surface area contributed by atoms with Gasteiger partial charge in [-0.15, -0.1) is 6.58 Å². The molecule has 0 radical (unpaired) electrons. The first kappa shape index (κ1) is 44.3.